The van der Waals surface area contributed by atoms with E-state index in [4.69, 9.17) is 0 Å². The van der Waals surface area contributed by atoms with Gasteiger partial charge in [-0.05, 0) is 12.1 Å². The number of fused-ring (bicyclic) bond motifs is 1. The van der Waals surface area contributed by atoms with Gasteiger partial charge in [0, 0.05) is 0 Å². The molecular weight excluding hydrogens is 190 g/mol. The molecule has 0 saturated heterocycles. The van der Waals surface area contributed by atoms with Crippen LogP contribution in [0, 0.1) is 0 Å². The summed E-state index contributed by atoms with van der Waals surface area (Å²) in [5, 5.41) is 10.2. The monoisotopic (exact) mass is 194 g/mol. The van der Waals surface area contributed by atoms with Crippen molar-refractivity contribution in [3.8, 4) is 5.19 Å². The second-order valence-corrected chi connectivity index (χ2v) is 3.29. The van der Waals surface area contributed by atoms with E-state index in [0.29, 0.717) is 0 Å². The highest BCUT2D eigenvalue weighted by Gasteiger charge is 2.08. The Morgan fingerprint density at radius 1 is 1.38 bits per heavy atom. The summed E-state index contributed by atoms with van der Waals surface area (Å²) in [4.78, 5) is 14.0. The highest BCUT2D eigenvalue weighted by molar-refractivity contribution is 7.20. The standard InChI is InChI=1S/C8H4NO3S/c10-8(11)12-7-9-5-3-1-2-4-6(5)13-7/h1-4H. The van der Waals surface area contributed by atoms with Gasteiger partial charge in [0.2, 0.25) is 0 Å². The molecule has 5 heteroatoms. The molecule has 0 aliphatic carbocycles. The Kier molecular flexibility index (Phi) is 1.86. The molecule has 1 radical (unpaired) electrons. The van der Waals surface area contributed by atoms with Crippen molar-refractivity contribution in [2.24, 2.45) is 0 Å². The maximum absolute atomic E-state index is 10.1. The maximum atomic E-state index is 10.1. The summed E-state index contributed by atoms with van der Waals surface area (Å²) in [5.74, 6) is 0. The molecule has 1 heterocycles. The van der Waals surface area contributed by atoms with Gasteiger partial charge < -0.3 is 4.74 Å². The molecule has 0 spiro atoms. The molecule has 0 N–H and O–H groups in total. The van der Waals surface area contributed by atoms with Crippen molar-refractivity contribution >= 4 is 27.7 Å². The van der Waals surface area contributed by atoms with Crippen LogP contribution in [0.3, 0.4) is 0 Å². The summed E-state index contributed by atoms with van der Waals surface area (Å²) in [7, 11) is 0. The van der Waals surface area contributed by atoms with Crippen LogP contribution in [0.1, 0.15) is 0 Å². The molecule has 0 atom stereocenters. The van der Waals surface area contributed by atoms with Gasteiger partial charge in [-0.3, -0.25) is 0 Å². The van der Waals surface area contributed by atoms with Crippen LogP contribution in [0.2, 0.25) is 0 Å². The SMILES string of the molecule is [O]C(=O)Oc1nc2ccccc2s1. The molecule has 4 nitrogen and oxygen atoms in total. The van der Waals surface area contributed by atoms with Gasteiger partial charge >= 0.3 is 6.16 Å². The molecule has 0 bridgehead atoms. The summed E-state index contributed by atoms with van der Waals surface area (Å²) in [6.07, 6.45) is -1.58. The first-order valence-electron chi connectivity index (χ1n) is 3.50. The van der Waals surface area contributed by atoms with Gasteiger partial charge in [0.05, 0.1) is 10.2 Å². The van der Waals surface area contributed by atoms with Crippen molar-refractivity contribution < 1.29 is 14.6 Å². The van der Waals surface area contributed by atoms with Crippen LogP contribution >= 0.6 is 11.3 Å². The molecular formula is C8H4NO3S. The third-order valence-electron chi connectivity index (χ3n) is 1.44. The Bertz CT molecular complexity index is 418. The molecule has 65 valence electrons. The Hall–Kier alpha value is -1.62. The van der Waals surface area contributed by atoms with E-state index in [0.717, 1.165) is 10.2 Å². The lowest BCUT2D eigenvalue weighted by Gasteiger charge is -1.86. The van der Waals surface area contributed by atoms with Crippen LogP contribution in [0.5, 0.6) is 5.19 Å². The molecule has 0 fully saturated rings. The average molecular weight is 194 g/mol. The van der Waals surface area contributed by atoms with E-state index < -0.39 is 6.16 Å². The number of benzene rings is 1. The minimum absolute atomic E-state index is 0.0983. The predicted molar refractivity (Wildman–Crippen MR) is 46.3 cm³/mol. The Morgan fingerprint density at radius 3 is 2.85 bits per heavy atom. The molecule has 0 amide bonds. The van der Waals surface area contributed by atoms with Gasteiger partial charge in [0.25, 0.3) is 5.19 Å². The average Bonchev–Trinajstić information content (AvgIpc) is 2.44. The summed E-state index contributed by atoms with van der Waals surface area (Å²) in [6, 6.07) is 7.30. The number of thiazole rings is 1. The van der Waals surface area contributed by atoms with Crippen molar-refractivity contribution in [1.82, 2.24) is 4.98 Å². The second kappa shape index (κ2) is 3.02. The van der Waals surface area contributed by atoms with Crippen LogP contribution in [0.25, 0.3) is 10.2 Å². The number of ether oxygens (including phenoxy) is 1. The van der Waals surface area contributed by atoms with Crippen LogP contribution < -0.4 is 4.74 Å². The van der Waals surface area contributed by atoms with Crippen molar-refractivity contribution in [2.45, 2.75) is 0 Å². The Balaban J connectivity index is 2.44. The molecule has 1 aromatic carbocycles. The zero-order valence-electron chi connectivity index (χ0n) is 6.39. The highest BCUT2D eigenvalue weighted by atomic mass is 32.1. The number of hydrogen-bond acceptors (Lipinski definition) is 4. The summed E-state index contributed by atoms with van der Waals surface area (Å²) in [5.41, 5.74) is 0.726. The summed E-state index contributed by atoms with van der Waals surface area (Å²) in [6.45, 7) is 0. The van der Waals surface area contributed by atoms with Gasteiger partial charge in [-0.2, -0.15) is 9.90 Å². The van der Waals surface area contributed by atoms with Crippen molar-refractivity contribution in [3.05, 3.63) is 24.3 Å². The molecule has 0 aliphatic heterocycles. The smallest absolute Gasteiger partial charge is 0.363 e. The number of carbonyl (C=O) groups is 1. The number of nitrogens with zero attached hydrogens (tertiary/aromatic N) is 1. The zero-order chi connectivity index (χ0) is 9.26. The summed E-state index contributed by atoms with van der Waals surface area (Å²) < 4.78 is 5.20. The van der Waals surface area contributed by atoms with E-state index in [1.165, 1.54) is 11.3 Å². The lowest BCUT2D eigenvalue weighted by molar-refractivity contribution is 0.117. The van der Waals surface area contributed by atoms with Crippen molar-refractivity contribution in [3.63, 3.8) is 0 Å². The van der Waals surface area contributed by atoms with E-state index >= 15 is 0 Å². The minimum Gasteiger partial charge on any atom is -0.363 e. The predicted octanol–water partition coefficient (Wildman–Crippen LogP) is 2.23. The van der Waals surface area contributed by atoms with Crippen molar-refractivity contribution in [1.29, 1.82) is 0 Å². The fourth-order valence-electron chi connectivity index (χ4n) is 0.966. The van der Waals surface area contributed by atoms with Crippen molar-refractivity contribution in [2.75, 3.05) is 0 Å². The maximum Gasteiger partial charge on any atom is 0.557 e. The zero-order valence-corrected chi connectivity index (χ0v) is 7.21. The van der Waals surface area contributed by atoms with Gasteiger partial charge in [0.1, 0.15) is 0 Å². The number of para-hydroxylation sites is 1. The van der Waals surface area contributed by atoms with E-state index in [9.17, 15) is 9.90 Å². The van der Waals surface area contributed by atoms with Gasteiger partial charge in [0.15, 0.2) is 0 Å². The van der Waals surface area contributed by atoms with Crippen LogP contribution in [0.15, 0.2) is 24.3 Å². The second-order valence-electron chi connectivity index (χ2n) is 2.30. The molecule has 13 heavy (non-hydrogen) atoms. The normalized spacial score (nSPS) is 10.2. The van der Waals surface area contributed by atoms with E-state index in [2.05, 4.69) is 9.72 Å². The Labute approximate surface area is 77.4 Å². The van der Waals surface area contributed by atoms with E-state index in [1.807, 2.05) is 18.2 Å². The number of rotatable bonds is 1. The number of hydrogen-bond donors (Lipinski definition) is 0. The molecule has 0 aliphatic rings. The largest absolute Gasteiger partial charge is 0.557 e. The topological polar surface area (TPSA) is 59.1 Å². The minimum atomic E-state index is -1.58. The van der Waals surface area contributed by atoms with Gasteiger partial charge in [-0.25, -0.2) is 4.98 Å². The van der Waals surface area contributed by atoms with Crippen LogP contribution in [-0.2, 0) is 5.11 Å². The quantitative estimate of drug-likeness (QED) is 0.654. The lowest BCUT2D eigenvalue weighted by atomic mass is 10.3. The first kappa shape index (κ1) is 8.00. The highest BCUT2D eigenvalue weighted by Crippen LogP contribution is 2.27. The Morgan fingerprint density at radius 2 is 2.15 bits per heavy atom. The molecule has 0 saturated carbocycles. The molecule has 2 rings (SSSR count). The molecule has 2 aromatic rings. The van der Waals surface area contributed by atoms with Gasteiger partial charge in [-0.1, -0.05) is 23.5 Å². The molecule has 1 aromatic heterocycles. The first-order valence-corrected chi connectivity index (χ1v) is 4.32. The molecule has 0 unspecified atom stereocenters. The van der Waals surface area contributed by atoms with Crippen LogP contribution in [0.4, 0.5) is 4.79 Å². The fourth-order valence-corrected chi connectivity index (χ4v) is 1.77. The van der Waals surface area contributed by atoms with Gasteiger partial charge in [-0.15, -0.1) is 0 Å². The third kappa shape index (κ3) is 1.59. The van der Waals surface area contributed by atoms with E-state index in [-0.39, 0.29) is 5.19 Å². The fraction of sp³-hybridized carbons (Fsp3) is 0. The third-order valence-corrected chi connectivity index (χ3v) is 2.36. The lowest BCUT2D eigenvalue weighted by Crippen LogP contribution is -2.00. The first-order chi connectivity index (χ1) is 6.25. The van der Waals surface area contributed by atoms with Crippen LogP contribution in [-0.4, -0.2) is 11.1 Å². The summed E-state index contributed by atoms with van der Waals surface area (Å²) >= 11 is 1.17. The number of carbonyl (C=O) groups excluding carboxylic acids is 1. The van der Waals surface area contributed by atoms with E-state index in [1.54, 1.807) is 6.07 Å². The number of aromatic nitrogens is 1.